The highest BCUT2D eigenvalue weighted by Crippen LogP contribution is 2.34. The first-order chi connectivity index (χ1) is 17.3. The molecule has 2 aromatic heterocycles. The third-order valence-electron chi connectivity index (χ3n) is 5.99. The summed E-state index contributed by atoms with van der Waals surface area (Å²) in [6, 6.07) is 16.1. The molecule has 0 bridgehead atoms. The Morgan fingerprint density at radius 1 is 1.03 bits per heavy atom. The van der Waals surface area contributed by atoms with Gasteiger partial charge in [-0.25, -0.2) is 4.98 Å². The van der Waals surface area contributed by atoms with Crippen molar-refractivity contribution in [1.82, 2.24) is 14.7 Å². The number of hydrogen-bond acceptors (Lipinski definition) is 4. The topological polar surface area (TPSA) is 64.9 Å². The molecule has 0 saturated heterocycles. The number of fused-ring (bicyclic) bond motifs is 1. The van der Waals surface area contributed by atoms with Crippen molar-refractivity contribution in [3.8, 4) is 11.5 Å². The van der Waals surface area contributed by atoms with E-state index >= 15 is 0 Å². The molecule has 4 aromatic rings. The molecule has 36 heavy (non-hydrogen) atoms. The predicted molar refractivity (Wildman–Crippen MR) is 129 cm³/mol. The molecule has 6 nitrogen and oxygen atoms in total. The summed E-state index contributed by atoms with van der Waals surface area (Å²) in [6.45, 7) is 0.358. The molecule has 2 heterocycles. The lowest BCUT2D eigenvalue weighted by Crippen LogP contribution is -2.27. The molecule has 0 aliphatic rings. The monoisotopic (exact) mass is 497 g/mol. The Bertz CT molecular complexity index is 1350. The summed E-state index contributed by atoms with van der Waals surface area (Å²) in [5, 5.41) is 2.89. The number of amides is 1. The average Bonchev–Trinajstić information content (AvgIpc) is 3.30. The summed E-state index contributed by atoms with van der Waals surface area (Å²) >= 11 is 0. The smallest absolute Gasteiger partial charge is 0.416 e. The Morgan fingerprint density at radius 2 is 1.83 bits per heavy atom. The number of alkyl halides is 3. The van der Waals surface area contributed by atoms with Gasteiger partial charge in [-0.05, 0) is 47.9 Å². The van der Waals surface area contributed by atoms with Crippen LogP contribution in [0.25, 0.3) is 5.65 Å². The number of nitrogens with one attached hydrogen (secondary N) is 1. The molecule has 1 N–H and O–H groups in total. The Morgan fingerprint density at radius 3 is 2.58 bits per heavy atom. The second-order valence-electron chi connectivity index (χ2n) is 8.28. The van der Waals surface area contributed by atoms with E-state index in [1.807, 2.05) is 24.3 Å². The Hall–Kier alpha value is -4.01. The second kappa shape index (κ2) is 10.7. The van der Waals surface area contributed by atoms with Crippen molar-refractivity contribution in [2.75, 3.05) is 20.8 Å². The van der Waals surface area contributed by atoms with Crippen LogP contribution >= 0.6 is 0 Å². The highest BCUT2D eigenvalue weighted by molar-refractivity contribution is 5.77. The zero-order valence-electron chi connectivity index (χ0n) is 19.9. The van der Waals surface area contributed by atoms with Gasteiger partial charge in [0.2, 0.25) is 5.91 Å². The predicted octanol–water partition coefficient (Wildman–Crippen LogP) is 5.25. The molecular formula is C27H26F3N3O3. The van der Waals surface area contributed by atoms with Crippen LogP contribution in [0.3, 0.4) is 0 Å². The van der Waals surface area contributed by atoms with Crippen molar-refractivity contribution < 1.29 is 27.4 Å². The van der Waals surface area contributed by atoms with Gasteiger partial charge in [0, 0.05) is 31.3 Å². The number of rotatable bonds is 9. The number of aromatic nitrogens is 2. The van der Waals surface area contributed by atoms with E-state index in [2.05, 4.69) is 10.3 Å². The summed E-state index contributed by atoms with van der Waals surface area (Å²) < 4.78 is 52.6. The van der Waals surface area contributed by atoms with E-state index in [-0.39, 0.29) is 12.3 Å². The van der Waals surface area contributed by atoms with Gasteiger partial charge in [0.1, 0.15) is 5.65 Å². The highest BCUT2D eigenvalue weighted by atomic mass is 19.4. The second-order valence-corrected chi connectivity index (χ2v) is 8.28. The van der Waals surface area contributed by atoms with Gasteiger partial charge in [0.25, 0.3) is 0 Å². The molecule has 0 aliphatic carbocycles. The number of halogens is 3. The maximum absolute atomic E-state index is 13.4. The lowest BCUT2D eigenvalue weighted by atomic mass is 9.91. The number of carbonyl (C=O) groups excluding carboxylic acids is 1. The first kappa shape index (κ1) is 25.1. The van der Waals surface area contributed by atoms with Crippen LogP contribution in [0.1, 0.15) is 34.7 Å². The van der Waals surface area contributed by atoms with Crippen LogP contribution in [0, 0.1) is 0 Å². The normalized spacial score (nSPS) is 12.4. The largest absolute Gasteiger partial charge is 0.493 e. The third kappa shape index (κ3) is 5.62. The van der Waals surface area contributed by atoms with Crippen LogP contribution in [0.2, 0.25) is 0 Å². The summed E-state index contributed by atoms with van der Waals surface area (Å²) in [6.07, 6.45) is -0.571. The van der Waals surface area contributed by atoms with E-state index < -0.39 is 17.7 Å². The molecule has 188 valence electrons. The first-order valence-corrected chi connectivity index (χ1v) is 11.4. The van der Waals surface area contributed by atoms with E-state index in [1.54, 1.807) is 49.2 Å². The number of carbonyl (C=O) groups is 1. The van der Waals surface area contributed by atoms with E-state index in [9.17, 15) is 18.0 Å². The number of nitrogens with zero attached hydrogens (tertiary/aromatic N) is 2. The third-order valence-corrected chi connectivity index (χ3v) is 5.99. The molecule has 0 saturated carbocycles. The zero-order chi connectivity index (χ0) is 25.7. The molecule has 1 amide bonds. The summed E-state index contributed by atoms with van der Waals surface area (Å²) in [5.41, 5.74) is 1.88. The van der Waals surface area contributed by atoms with E-state index in [1.165, 1.54) is 6.07 Å². The van der Waals surface area contributed by atoms with Gasteiger partial charge in [-0.2, -0.15) is 13.2 Å². The first-order valence-electron chi connectivity index (χ1n) is 11.4. The summed E-state index contributed by atoms with van der Waals surface area (Å²) in [5.74, 6) is 0.315. The summed E-state index contributed by atoms with van der Waals surface area (Å²) in [4.78, 5) is 17.3. The van der Waals surface area contributed by atoms with Crippen LogP contribution in [-0.2, 0) is 17.4 Å². The molecular weight excluding hydrogens is 471 g/mol. The van der Waals surface area contributed by atoms with E-state index in [0.717, 1.165) is 17.7 Å². The minimum atomic E-state index is -4.48. The van der Waals surface area contributed by atoms with Gasteiger partial charge in [0.15, 0.2) is 11.5 Å². The van der Waals surface area contributed by atoms with Gasteiger partial charge in [-0.3, -0.25) is 4.79 Å². The van der Waals surface area contributed by atoms with Crippen LogP contribution in [-0.4, -0.2) is 36.1 Å². The van der Waals surface area contributed by atoms with Crippen molar-refractivity contribution >= 4 is 11.6 Å². The summed E-state index contributed by atoms with van der Waals surface area (Å²) in [7, 11) is 3.11. The molecule has 0 radical (unpaired) electrons. The van der Waals surface area contributed by atoms with Crippen LogP contribution in [0.15, 0.2) is 73.1 Å². The van der Waals surface area contributed by atoms with Crippen molar-refractivity contribution in [3.63, 3.8) is 0 Å². The quantitative estimate of drug-likeness (QED) is 0.343. The molecule has 0 aliphatic heterocycles. The average molecular weight is 498 g/mol. The fourth-order valence-corrected chi connectivity index (χ4v) is 4.17. The van der Waals surface area contributed by atoms with Crippen molar-refractivity contribution in [2.24, 2.45) is 0 Å². The number of pyridine rings is 1. The molecule has 9 heteroatoms. The van der Waals surface area contributed by atoms with Gasteiger partial charge in [-0.15, -0.1) is 0 Å². The minimum absolute atomic E-state index is 0.0318. The van der Waals surface area contributed by atoms with Crippen LogP contribution in [0.5, 0.6) is 11.5 Å². The number of ether oxygens (including phenoxy) is 2. The van der Waals surface area contributed by atoms with Gasteiger partial charge >= 0.3 is 6.18 Å². The number of imidazole rings is 1. The van der Waals surface area contributed by atoms with Crippen LogP contribution in [0.4, 0.5) is 13.2 Å². The molecule has 4 rings (SSSR count). The van der Waals surface area contributed by atoms with Crippen LogP contribution < -0.4 is 14.8 Å². The fourth-order valence-electron chi connectivity index (χ4n) is 4.17. The molecule has 0 spiro atoms. The molecule has 1 unspecified atom stereocenters. The number of benzene rings is 2. The zero-order valence-corrected chi connectivity index (χ0v) is 19.9. The lowest BCUT2D eigenvalue weighted by Gasteiger charge is -2.19. The Balaban J connectivity index is 1.53. The van der Waals surface area contributed by atoms with E-state index in [0.29, 0.717) is 41.4 Å². The Labute approximate surface area is 206 Å². The molecule has 1 atom stereocenters. The van der Waals surface area contributed by atoms with Crippen molar-refractivity contribution in [1.29, 1.82) is 0 Å². The van der Waals surface area contributed by atoms with Crippen molar-refractivity contribution in [2.45, 2.75) is 24.9 Å². The highest BCUT2D eigenvalue weighted by Gasteiger charge is 2.32. The molecule has 0 fully saturated rings. The number of methoxy groups -OCH3 is 2. The van der Waals surface area contributed by atoms with Gasteiger partial charge in [0.05, 0.1) is 25.5 Å². The number of hydrogen-bond donors (Lipinski definition) is 1. The fraction of sp³-hybridized carbons (Fsp3) is 0.259. The van der Waals surface area contributed by atoms with Gasteiger partial charge < -0.3 is 19.2 Å². The SMILES string of the molecule is COc1ccc(CCNC(=O)CC(c2cccc(C(F)(F)F)c2)c2cnc3ccccn23)cc1OC. The Kier molecular flexibility index (Phi) is 7.47. The maximum atomic E-state index is 13.4. The minimum Gasteiger partial charge on any atom is -0.493 e. The standard InChI is InChI=1S/C27H26F3N3O3/c1-35-23-10-9-18(14-24(23)36-2)11-12-31-26(34)16-21(19-6-5-7-20(15-19)27(28,29)30)22-17-32-25-8-3-4-13-33(22)25/h3-10,13-15,17,21H,11-12,16H2,1-2H3,(H,31,34). The molecule has 2 aromatic carbocycles. The van der Waals surface area contributed by atoms with E-state index in [4.69, 9.17) is 9.47 Å². The lowest BCUT2D eigenvalue weighted by molar-refractivity contribution is -0.137. The van der Waals surface area contributed by atoms with Gasteiger partial charge in [-0.1, -0.05) is 30.3 Å². The van der Waals surface area contributed by atoms with Crippen molar-refractivity contribution in [3.05, 3.63) is 95.4 Å². The maximum Gasteiger partial charge on any atom is 0.416 e.